The van der Waals surface area contributed by atoms with Gasteiger partial charge in [-0.1, -0.05) is 12.8 Å². The van der Waals surface area contributed by atoms with E-state index in [4.69, 9.17) is 5.11 Å². The minimum absolute atomic E-state index is 0.519. The van der Waals surface area contributed by atoms with E-state index in [1.807, 2.05) is 6.92 Å². The molecule has 2 nitrogen and oxygen atoms in total. The third kappa shape index (κ3) is 5.32. The smallest absolute Gasteiger partial charge is 0.128 e. The van der Waals surface area contributed by atoms with E-state index in [0.29, 0.717) is 0 Å². The van der Waals surface area contributed by atoms with Crippen molar-refractivity contribution in [1.29, 1.82) is 0 Å². The molecular formula is C6H11NO. The molecule has 8 heavy (non-hydrogen) atoms. The summed E-state index contributed by atoms with van der Waals surface area (Å²) < 4.78 is 0. The quantitative estimate of drug-likeness (QED) is 0.291. The molecule has 0 rings (SSSR count). The van der Waals surface area contributed by atoms with Gasteiger partial charge in [0, 0.05) is 12.5 Å². The van der Waals surface area contributed by atoms with Crippen LogP contribution in [0.15, 0.2) is 0 Å². The summed E-state index contributed by atoms with van der Waals surface area (Å²) in [5, 5.41) is 11.1. The van der Waals surface area contributed by atoms with Crippen molar-refractivity contribution in [2.75, 3.05) is 0 Å². The summed E-state index contributed by atoms with van der Waals surface area (Å²) in [6.45, 7) is 3.58. The second kappa shape index (κ2) is 4.48. The van der Waals surface area contributed by atoms with Crippen molar-refractivity contribution < 1.29 is 5.11 Å². The Morgan fingerprint density at radius 3 is 2.75 bits per heavy atom. The van der Waals surface area contributed by atoms with Crippen LogP contribution in [0, 0.1) is 12.0 Å². The van der Waals surface area contributed by atoms with Crippen molar-refractivity contribution in [3.05, 3.63) is 0 Å². The maximum absolute atomic E-state index is 8.57. The fourth-order valence-corrected chi connectivity index (χ4v) is 0.244. The topological polar surface area (TPSA) is 32.3 Å². The van der Waals surface area contributed by atoms with Gasteiger partial charge in [-0.3, -0.25) is 0 Å². The second-order valence-electron chi connectivity index (χ2n) is 1.48. The van der Waals surface area contributed by atoms with Gasteiger partial charge in [0.05, 0.1) is 0 Å². The molecule has 0 saturated carbocycles. The van der Waals surface area contributed by atoms with Crippen LogP contribution in [0.2, 0.25) is 0 Å². The maximum Gasteiger partial charge on any atom is 0.128 e. The Morgan fingerprint density at radius 1 is 1.75 bits per heavy atom. The van der Waals surface area contributed by atoms with E-state index >= 15 is 0 Å². The van der Waals surface area contributed by atoms with Gasteiger partial charge in [-0.05, 0) is 6.92 Å². The summed E-state index contributed by atoms with van der Waals surface area (Å²) in [6.07, 6.45) is 0.300. The molecule has 0 saturated heterocycles. The zero-order valence-corrected chi connectivity index (χ0v) is 5.23. The highest BCUT2D eigenvalue weighted by Gasteiger charge is 1.82. The first-order valence-electron chi connectivity index (χ1n) is 2.68. The van der Waals surface area contributed by atoms with Crippen molar-refractivity contribution >= 4 is 0 Å². The third-order valence-electron chi connectivity index (χ3n) is 0.546. The first kappa shape index (κ1) is 7.32. The van der Waals surface area contributed by atoms with Crippen molar-refractivity contribution in [3.63, 3.8) is 0 Å². The number of aliphatic hydroxyl groups is 1. The molecule has 0 aromatic rings. The molecule has 0 amide bonds. The lowest BCUT2D eigenvalue weighted by Gasteiger charge is -1.96. The van der Waals surface area contributed by atoms with Gasteiger partial charge in [-0.25, -0.2) is 0 Å². The minimum Gasteiger partial charge on any atom is -0.374 e. The normalized spacial score (nSPS) is 11.4. The molecule has 0 aromatic heterocycles. The van der Waals surface area contributed by atoms with Gasteiger partial charge >= 0.3 is 0 Å². The van der Waals surface area contributed by atoms with Crippen LogP contribution in [0.4, 0.5) is 0 Å². The zero-order valence-electron chi connectivity index (χ0n) is 5.23. The first-order valence-corrected chi connectivity index (χ1v) is 2.68. The number of aliphatic hydroxyl groups excluding tert-OH is 1. The molecule has 0 aromatic carbocycles. The lowest BCUT2D eigenvalue weighted by atomic mass is 10.5. The molecule has 0 radical (unpaired) electrons. The predicted molar refractivity (Wildman–Crippen MR) is 32.9 cm³/mol. The molecule has 0 fully saturated rings. The van der Waals surface area contributed by atoms with Crippen LogP contribution in [0.25, 0.3) is 0 Å². The van der Waals surface area contributed by atoms with Crippen molar-refractivity contribution in [2.24, 2.45) is 0 Å². The molecule has 46 valence electrons. The van der Waals surface area contributed by atoms with Gasteiger partial charge in [-0.2, -0.15) is 0 Å². The first-order chi connectivity index (χ1) is 3.77. The average Bonchev–Trinajstić information content (AvgIpc) is 1.66. The number of rotatable bonds is 1. The van der Waals surface area contributed by atoms with Crippen LogP contribution in [0.1, 0.15) is 20.3 Å². The lowest BCUT2D eigenvalue weighted by molar-refractivity contribution is 0.177. The van der Waals surface area contributed by atoms with E-state index in [1.54, 1.807) is 6.92 Å². The molecule has 2 heteroatoms. The third-order valence-corrected chi connectivity index (χ3v) is 0.546. The van der Waals surface area contributed by atoms with E-state index < -0.39 is 6.23 Å². The number of hydrogen-bond acceptors (Lipinski definition) is 2. The molecule has 0 aliphatic carbocycles. The number of nitrogens with one attached hydrogen (secondary N) is 1. The lowest BCUT2D eigenvalue weighted by Crippen LogP contribution is -2.19. The Morgan fingerprint density at radius 2 is 2.38 bits per heavy atom. The van der Waals surface area contributed by atoms with Gasteiger partial charge in [-0.15, -0.1) is 0 Å². The highest BCUT2D eigenvalue weighted by Crippen LogP contribution is 1.68. The molecule has 0 spiro atoms. The van der Waals surface area contributed by atoms with Crippen LogP contribution in [0.3, 0.4) is 0 Å². The van der Waals surface area contributed by atoms with E-state index in [0.717, 1.165) is 6.42 Å². The van der Waals surface area contributed by atoms with Crippen molar-refractivity contribution in [1.82, 2.24) is 5.32 Å². The van der Waals surface area contributed by atoms with Gasteiger partial charge in [0.1, 0.15) is 6.23 Å². The van der Waals surface area contributed by atoms with E-state index in [9.17, 15) is 0 Å². The number of hydrogen-bond donors (Lipinski definition) is 2. The summed E-state index contributed by atoms with van der Waals surface area (Å²) in [5.74, 6) is 2.76. The highest BCUT2D eigenvalue weighted by molar-refractivity contribution is 4.95. The Hall–Kier alpha value is -0.680. The minimum atomic E-state index is -0.519. The van der Waals surface area contributed by atoms with E-state index in [2.05, 4.69) is 17.3 Å². The summed E-state index contributed by atoms with van der Waals surface area (Å²) in [5.41, 5.74) is 0. The fourth-order valence-electron chi connectivity index (χ4n) is 0.244. The molecule has 0 heterocycles. The zero-order chi connectivity index (χ0) is 6.41. The molecular weight excluding hydrogens is 102 g/mol. The van der Waals surface area contributed by atoms with Gasteiger partial charge in [0.25, 0.3) is 0 Å². The molecule has 1 atom stereocenters. The molecule has 0 aliphatic rings. The maximum atomic E-state index is 8.57. The summed E-state index contributed by atoms with van der Waals surface area (Å²) in [4.78, 5) is 0. The molecule has 0 bridgehead atoms. The monoisotopic (exact) mass is 113 g/mol. The van der Waals surface area contributed by atoms with Crippen LogP contribution < -0.4 is 5.32 Å². The Bertz CT molecular complexity index is 98.8. The summed E-state index contributed by atoms with van der Waals surface area (Å²) in [7, 11) is 0. The van der Waals surface area contributed by atoms with Crippen LogP contribution in [-0.2, 0) is 0 Å². The predicted octanol–water partition coefficient (Wildman–Crippen LogP) is 0.285. The Labute approximate surface area is 49.9 Å². The van der Waals surface area contributed by atoms with Gasteiger partial charge < -0.3 is 10.4 Å². The molecule has 1 unspecified atom stereocenters. The largest absolute Gasteiger partial charge is 0.374 e. The van der Waals surface area contributed by atoms with Gasteiger partial charge in [0.2, 0.25) is 0 Å². The van der Waals surface area contributed by atoms with E-state index in [-0.39, 0.29) is 0 Å². The van der Waals surface area contributed by atoms with Crippen molar-refractivity contribution in [3.8, 4) is 12.0 Å². The van der Waals surface area contributed by atoms with E-state index in [1.165, 1.54) is 0 Å². The van der Waals surface area contributed by atoms with Crippen molar-refractivity contribution in [2.45, 2.75) is 26.5 Å². The Kier molecular flexibility index (Phi) is 4.10. The van der Waals surface area contributed by atoms with Crippen LogP contribution >= 0.6 is 0 Å². The average molecular weight is 113 g/mol. The highest BCUT2D eigenvalue weighted by atomic mass is 16.3. The SMILES string of the molecule is CCC#CNC(C)O. The fraction of sp³-hybridized carbons (Fsp3) is 0.667. The van der Waals surface area contributed by atoms with Crippen LogP contribution in [0.5, 0.6) is 0 Å². The van der Waals surface area contributed by atoms with Crippen LogP contribution in [-0.4, -0.2) is 11.3 Å². The summed E-state index contributed by atoms with van der Waals surface area (Å²) >= 11 is 0. The molecule has 2 N–H and O–H groups in total. The standard InChI is InChI=1S/C6H11NO/c1-3-4-5-7-6(2)8/h6-8H,3H2,1-2H3. The second-order valence-corrected chi connectivity index (χ2v) is 1.48. The molecule has 0 aliphatic heterocycles. The summed E-state index contributed by atoms with van der Waals surface area (Å²) in [6, 6.07) is 2.58. The Balaban J connectivity index is 3.15. The van der Waals surface area contributed by atoms with Gasteiger partial charge in [0.15, 0.2) is 0 Å².